The molecule has 0 saturated carbocycles. The van der Waals surface area contributed by atoms with Crippen molar-refractivity contribution in [2.45, 2.75) is 27.3 Å². The zero-order chi connectivity index (χ0) is 24.0. The van der Waals surface area contributed by atoms with E-state index in [9.17, 15) is 14.4 Å². The SMILES string of the molecule is CCOC(=O)c1[nH]c(C)c(C(=O)CN(Cc2ccccn2)C(=O)c2cccc(OC)c2)c1C. The number of carbonyl (C=O) groups excluding carboxylic acids is 3. The van der Waals surface area contributed by atoms with E-state index >= 15 is 0 Å². The van der Waals surface area contributed by atoms with E-state index in [0.717, 1.165) is 0 Å². The lowest BCUT2D eigenvalue weighted by atomic mass is 10.0. The van der Waals surface area contributed by atoms with Crippen molar-refractivity contribution in [2.24, 2.45) is 0 Å². The first-order chi connectivity index (χ1) is 15.8. The lowest BCUT2D eigenvalue weighted by Gasteiger charge is -2.22. The Kier molecular flexibility index (Phi) is 7.61. The number of aromatic amines is 1. The van der Waals surface area contributed by atoms with Crippen LogP contribution < -0.4 is 4.74 Å². The summed E-state index contributed by atoms with van der Waals surface area (Å²) in [7, 11) is 1.53. The number of pyridine rings is 1. The summed E-state index contributed by atoms with van der Waals surface area (Å²) in [6, 6.07) is 12.2. The van der Waals surface area contributed by atoms with Gasteiger partial charge in [-0.15, -0.1) is 0 Å². The highest BCUT2D eigenvalue weighted by molar-refractivity contribution is 6.05. The number of ether oxygens (including phenoxy) is 2. The molecule has 0 bridgehead atoms. The number of benzene rings is 1. The van der Waals surface area contributed by atoms with Crippen molar-refractivity contribution in [1.82, 2.24) is 14.9 Å². The lowest BCUT2D eigenvalue weighted by Crippen LogP contribution is -2.36. The molecule has 0 fully saturated rings. The second-order valence-electron chi connectivity index (χ2n) is 7.48. The van der Waals surface area contributed by atoms with Gasteiger partial charge < -0.3 is 19.4 Å². The van der Waals surface area contributed by atoms with Gasteiger partial charge in [-0.2, -0.15) is 0 Å². The van der Waals surface area contributed by atoms with Crippen molar-refractivity contribution >= 4 is 17.7 Å². The van der Waals surface area contributed by atoms with Crippen molar-refractivity contribution in [3.63, 3.8) is 0 Å². The first-order valence-electron chi connectivity index (χ1n) is 10.6. The van der Waals surface area contributed by atoms with Gasteiger partial charge in [0.1, 0.15) is 11.4 Å². The van der Waals surface area contributed by atoms with Crippen molar-refractivity contribution in [3.05, 3.63) is 82.4 Å². The molecule has 0 aliphatic heterocycles. The quantitative estimate of drug-likeness (QED) is 0.394. The number of Topliss-reactive ketones (excluding diaryl/α,β-unsaturated/α-hetero) is 1. The van der Waals surface area contributed by atoms with Crippen LogP contribution in [0.2, 0.25) is 0 Å². The number of nitrogens with one attached hydrogen (secondary N) is 1. The Balaban J connectivity index is 1.92. The maximum Gasteiger partial charge on any atom is 0.355 e. The summed E-state index contributed by atoms with van der Waals surface area (Å²) in [5, 5.41) is 0. The van der Waals surface area contributed by atoms with Gasteiger partial charge in [0.2, 0.25) is 0 Å². The Morgan fingerprint density at radius 3 is 2.55 bits per heavy atom. The molecule has 8 nitrogen and oxygen atoms in total. The normalized spacial score (nSPS) is 10.5. The molecule has 0 unspecified atom stereocenters. The van der Waals surface area contributed by atoms with E-state index in [4.69, 9.17) is 9.47 Å². The van der Waals surface area contributed by atoms with Crippen molar-refractivity contribution in [1.29, 1.82) is 0 Å². The van der Waals surface area contributed by atoms with E-state index in [1.165, 1.54) is 12.0 Å². The number of rotatable bonds is 9. The van der Waals surface area contributed by atoms with E-state index in [2.05, 4.69) is 9.97 Å². The third-order valence-electron chi connectivity index (χ3n) is 5.21. The maximum atomic E-state index is 13.4. The number of carbonyl (C=O) groups is 3. The highest BCUT2D eigenvalue weighted by Gasteiger charge is 2.26. The minimum atomic E-state index is -0.519. The van der Waals surface area contributed by atoms with Gasteiger partial charge >= 0.3 is 5.97 Å². The molecule has 33 heavy (non-hydrogen) atoms. The molecule has 172 valence electrons. The Hall–Kier alpha value is -3.94. The molecule has 0 radical (unpaired) electrons. The molecule has 3 rings (SSSR count). The summed E-state index contributed by atoms with van der Waals surface area (Å²) in [6.07, 6.45) is 1.64. The van der Waals surface area contributed by atoms with Crippen LogP contribution in [0.25, 0.3) is 0 Å². The van der Waals surface area contributed by atoms with Crippen LogP contribution in [-0.2, 0) is 11.3 Å². The molecule has 0 saturated heterocycles. The largest absolute Gasteiger partial charge is 0.497 e. The van der Waals surface area contributed by atoms with Gasteiger partial charge in [-0.1, -0.05) is 12.1 Å². The highest BCUT2D eigenvalue weighted by atomic mass is 16.5. The van der Waals surface area contributed by atoms with E-state index in [1.54, 1.807) is 63.4 Å². The number of aromatic nitrogens is 2. The molecule has 1 amide bonds. The number of hydrogen-bond acceptors (Lipinski definition) is 6. The fourth-order valence-corrected chi connectivity index (χ4v) is 3.65. The number of aryl methyl sites for hydroxylation is 1. The zero-order valence-corrected chi connectivity index (χ0v) is 19.2. The summed E-state index contributed by atoms with van der Waals surface area (Å²) in [5.41, 5.74) is 2.72. The summed E-state index contributed by atoms with van der Waals surface area (Å²) < 4.78 is 10.3. The molecule has 3 aromatic rings. The molecule has 1 aromatic carbocycles. The Morgan fingerprint density at radius 2 is 1.88 bits per heavy atom. The Bertz CT molecular complexity index is 1150. The summed E-state index contributed by atoms with van der Waals surface area (Å²) in [6.45, 7) is 5.32. The number of esters is 1. The number of amides is 1. The van der Waals surface area contributed by atoms with Crippen LogP contribution in [0.15, 0.2) is 48.7 Å². The van der Waals surface area contributed by atoms with Crippen LogP contribution in [0.5, 0.6) is 5.75 Å². The van der Waals surface area contributed by atoms with E-state index in [-0.39, 0.29) is 37.1 Å². The Morgan fingerprint density at radius 1 is 1.09 bits per heavy atom. The van der Waals surface area contributed by atoms with Gasteiger partial charge in [0.25, 0.3) is 5.91 Å². The van der Waals surface area contributed by atoms with Crippen LogP contribution in [0.4, 0.5) is 0 Å². The second-order valence-corrected chi connectivity index (χ2v) is 7.48. The van der Waals surface area contributed by atoms with Gasteiger partial charge in [0, 0.05) is 23.0 Å². The topological polar surface area (TPSA) is 102 Å². The average Bonchev–Trinajstić information content (AvgIpc) is 3.13. The molecule has 2 aromatic heterocycles. The van der Waals surface area contributed by atoms with Crippen molar-refractivity contribution < 1.29 is 23.9 Å². The Labute approximate surface area is 192 Å². The van der Waals surface area contributed by atoms with Crippen LogP contribution in [-0.4, -0.2) is 52.8 Å². The zero-order valence-electron chi connectivity index (χ0n) is 19.2. The summed E-state index contributed by atoms with van der Waals surface area (Å²) in [5.74, 6) is -0.593. The average molecular weight is 450 g/mol. The van der Waals surface area contributed by atoms with Crippen molar-refractivity contribution in [3.8, 4) is 5.75 Å². The first kappa shape index (κ1) is 23.7. The molecule has 8 heteroatoms. The number of methoxy groups -OCH3 is 1. The molecule has 2 heterocycles. The molecular formula is C25H27N3O5. The lowest BCUT2D eigenvalue weighted by molar-refractivity contribution is 0.0519. The van der Waals surface area contributed by atoms with Gasteiger partial charge in [-0.05, 0) is 56.7 Å². The standard InChI is InChI=1S/C25H27N3O5/c1-5-33-25(31)23-16(2)22(17(3)27-23)21(29)15-28(14-19-10-6-7-12-26-19)24(30)18-9-8-11-20(13-18)32-4/h6-13,27H,5,14-15H2,1-4H3. The van der Waals surface area contributed by atoms with E-state index in [0.29, 0.717) is 33.8 Å². The minimum absolute atomic E-state index is 0.149. The molecule has 1 N–H and O–H groups in total. The molecular weight excluding hydrogens is 422 g/mol. The number of ketones is 1. The predicted molar refractivity (Wildman–Crippen MR) is 123 cm³/mol. The molecule has 0 aliphatic carbocycles. The van der Waals surface area contributed by atoms with Crippen LogP contribution in [0.3, 0.4) is 0 Å². The van der Waals surface area contributed by atoms with E-state index < -0.39 is 5.97 Å². The van der Waals surface area contributed by atoms with Crippen LogP contribution >= 0.6 is 0 Å². The van der Waals surface area contributed by atoms with E-state index in [1.807, 2.05) is 6.07 Å². The maximum absolute atomic E-state index is 13.4. The first-order valence-corrected chi connectivity index (χ1v) is 10.6. The van der Waals surface area contributed by atoms with Gasteiger partial charge in [-0.25, -0.2) is 4.79 Å². The molecule has 0 atom stereocenters. The second kappa shape index (κ2) is 10.6. The molecule has 0 spiro atoms. The highest BCUT2D eigenvalue weighted by Crippen LogP contribution is 2.21. The predicted octanol–water partition coefficient (Wildman–Crippen LogP) is 3.74. The third-order valence-corrected chi connectivity index (χ3v) is 5.21. The number of H-pyrrole nitrogens is 1. The monoisotopic (exact) mass is 449 g/mol. The van der Waals surface area contributed by atoms with Gasteiger partial charge in [0.15, 0.2) is 5.78 Å². The third kappa shape index (κ3) is 5.46. The summed E-state index contributed by atoms with van der Waals surface area (Å²) in [4.78, 5) is 47.6. The van der Waals surface area contributed by atoms with Crippen LogP contribution in [0.1, 0.15) is 55.1 Å². The van der Waals surface area contributed by atoms with Gasteiger partial charge in [0.05, 0.1) is 32.5 Å². The van der Waals surface area contributed by atoms with Crippen LogP contribution in [0, 0.1) is 13.8 Å². The number of nitrogens with zero attached hydrogens (tertiary/aromatic N) is 2. The minimum Gasteiger partial charge on any atom is -0.497 e. The molecule has 0 aliphatic rings. The fourth-order valence-electron chi connectivity index (χ4n) is 3.65. The van der Waals surface area contributed by atoms with Gasteiger partial charge in [-0.3, -0.25) is 14.6 Å². The fraction of sp³-hybridized carbons (Fsp3) is 0.280. The smallest absolute Gasteiger partial charge is 0.355 e. The number of hydrogen-bond donors (Lipinski definition) is 1. The summed E-state index contributed by atoms with van der Waals surface area (Å²) >= 11 is 0. The van der Waals surface area contributed by atoms with Crippen molar-refractivity contribution in [2.75, 3.05) is 20.3 Å².